The van der Waals surface area contributed by atoms with Gasteiger partial charge < -0.3 is 9.47 Å². The van der Waals surface area contributed by atoms with Crippen LogP contribution in [0.4, 0.5) is 4.79 Å². The molecule has 0 atom stereocenters. The fraction of sp³-hybridized carbons (Fsp3) is 0.158. The Morgan fingerprint density at radius 3 is 2.33 bits per heavy atom. The van der Waals surface area contributed by atoms with Crippen LogP contribution in [-0.4, -0.2) is 30.3 Å². The first-order valence-corrected chi connectivity index (χ1v) is 9.42. The number of imide groups is 1. The van der Waals surface area contributed by atoms with Gasteiger partial charge in [0.1, 0.15) is 0 Å². The van der Waals surface area contributed by atoms with Crippen LogP contribution >= 0.6 is 35.0 Å². The summed E-state index contributed by atoms with van der Waals surface area (Å²) in [5, 5.41) is 0.443. The number of hydrogen-bond acceptors (Lipinski definition) is 5. The summed E-state index contributed by atoms with van der Waals surface area (Å²) >= 11 is 13.2. The highest BCUT2D eigenvalue weighted by Gasteiger charge is 2.35. The standard InChI is InChI=1S/C19H15Cl2NO4S/c1-25-15-7-6-11(8-16(15)26-2)9-17-18(23)22(19(24)27-17)10-12-13(20)4-3-5-14(12)21/h3-9H,10H2,1-2H3/b17-9-. The Morgan fingerprint density at radius 1 is 1.04 bits per heavy atom. The van der Waals surface area contributed by atoms with E-state index in [0.717, 1.165) is 16.7 Å². The molecule has 3 rings (SSSR count). The molecule has 5 nitrogen and oxygen atoms in total. The van der Waals surface area contributed by atoms with Crippen LogP contribution in [-0.2, 0) is 11.3 Å². The smallest absolute Gasteiger partial charge is 0.293 e. The Balaban J connectivity index is 1.87. The molecule has 27 heavy (non-hydrogen) atoms. The zero-order valence-corrected chi connectivity index (χ0v) is 16.8. The van der Waals surface area contributed by atoms with E-state index >= 15 is 0 Å². The van der Waals surface area contributed by atoms with E-state index in [9.17, 15) is 9.59 Å². The van der Waals surface area contributed by atoms with Crippen molar-refractivity contribution >= 4 is 52.2 Å². The first-order chi connectivity index (χ1) is 12.9. The van der Waals surface area contributed by atoms with Crippen LogP contribution in [0.25, 0.3) is 6.08 Å². The molecule has 2 aromatic carbocycles. The van der Waals surface area contributed by atoms with Crippen molar-refractivity contribution in [1.82, 2.24) is 4.90 Å². The van der Waals surface area contributed by atoms with Crippen molar-refractivity contribution in [2.24, 2.45) is 0 Å². The molecule has 0 saturated carbocycles. The van der Waals surface area contributed by atoms with Crippen molar-refractivity contribution in [3.05, 3.63) is 62.5 Å². The predicted molar refractivity (Wildman–Crippen MR) is 108 cm³/mol. The molecule has 1 fully saturated rings. The zero-order valence-electron chi connectivity index (χ0n) is 14.5. The molecule has 1 aliphatic heterocycles. The van der Waals surface area contributed by atoms with Crippen LogP contribution in [0.2, 0.25) is 10.0 Å². The summed E-state index contributed by atoms with van der Waals surface area (Å²) < 4.78 is 10.5. The molecule has 1 heterocycles. The summed E-state index contributed by atoms with van der Waals surface area (Å²) in [6, 6.07) is 10.3. The molecule has 0 spiro atoms. The molecule has 0 aliphatic carbocycles. The highest BCUT2D eigenvalue weighted by Crippen LogP contribution is 2.36. The van der Waals surface area contributed by atoms with Gasteiger partial charge in [-0.2, -0.15) is 0 Å². The molecule has 0 N–H and O–H groups in total. The monoisotopic (exact) mass is 423 g/mol. The first-order valence-electron chi connectivity index (χ1n) is 7.85. The van der Waals surface area contributed by atoms with Crippen LogP contribution in [0.1, 0.15) is 11.1 Å². The number of hydrogen-bond donors (Lipinski definition) is 0. The molecular weight excluding hydrogens is 409 g/mol. The van der Waals surface area contributed by atoms with Gasteiger partial charge in [-0.05, 0) is 47.7 Å². The summed E-state index contributed by atoms with van der Waals surface area (Å²) in [6.45, 7) is 0.0203. The van der Waals surface area contributed by atoms with E-state index in [1.165, 1.54) is 7.11 Å². The molecule has 2 aromatic rings. The highest BCUT2D eigenvalue weighted by atomic mass is 35.5. The van der Waals surface area contributed by atoms with Crippen LogP contribution in [0, 0.1) is 0 Å². The second kappa shape index (κ2) is 8.25. The average Bonchev–Trinajstić information content (AvgIpc) is 2.91. The average molecular weight is 424 g/mol. The zero-order chi connectivity index (χ0) is 19.6. The van der Waals surface area contributed by atoms with E-state index in [1.807, 2.05) is 0 Å². The number of benzene rings is 2. The van der Waals surface area contributed by atoms with Gasteiger partial charge in [0.25, 0.3) is 11.1 Å². The van der Waals surface area contributed by atoms with Gasteiger partial charge in [-0.3, -0.25) is 14.5 Å². The number of rotatable bonds is 5. The van der Waals surface area contributed by atoms with Gasteiger partial charge in [0, 0.05) is 15.6 Å². The third-order valence-corrected chi connectivity index (χ3v) is 5.57. The van der Waals surface area contributed by atoms with Crippen LogP contribution in [0.15, 0.2) is 41.3 Å². The van der Waals surface area contributed by atoms with Gasteiger partial charge in [0.2, 0.25) is 0 Å². The number of amides is 2. The Hall–Kier alpha value is -2.15. The van der Waals surface area contributed by atoms with Crippen molar-refractivity contribution in [1.29, 1.82) is 0 Å². The van der Waals surface area contributed by atoms with Crippen LogP contribution in [0.3, 0.4) is 0 Å². The Bertz CT molecular complexity index is 925. The van der Waals surface area contributed by atoms with E-state index in [2.05, 4.69) is 0 Å². The Morgan fingerprint density at radius 2 is 1.70 bits per heavy atom. The van der Waals surface area contributed by atoms with Gasteiger partial charge in [-0.25, -0.2) is 0 Å². The minimum Gasteiger partial charge on any atom is -0.493 e. The number of halogens is 2. The Kier molecular flexibility index (Phi) is 5.99. The third-order valence-electron chi connectivity index (χ3n) is 3.96. The molecule has 0 radical (unpaired) electrons. The van der Waals surface area contributed by atoms with Crippen molar-refractivity contribution in [2.45, 2.75) is 6.54 Å². The third kappa shape index (κ3) is 4.08. The lowest BCUT2D eigenvalue weighted by Gasteiger charge is -2.14. The lowest BCUT2D eigenvalue weighted by atomic mass is 10.1. The summed E-state index contributed by atoms with van der Waals surface area (Å²) in [4.78, 5) is 26.5. The van der Waals surface area contributed by atoms with E-state index in [1.54, 1.807) is 49.6 Å². The SMILES string of the molecule is COc1ccc(/C=C2\SC(=O)N(Cc3c(Cl)cccc3Cl)C2=O)cc1OC. The molecule has 8 heteroatoms. The van der Waals surface area contributed by atoms with Gasteiger partial charge in [0.05, 0.1) is 25.7 Å². The minimum atomic E-state index is -0.393. The first kappa shape index (κ1) is 19.6. The normalized spacial score (nSPS) is 15.6. The Labute approximate surface area is 170 Å². The van der Waals surface area contributed by atoms with Crippen LogP contribution in [0.5, 0.6) is 11.5 Å². The summed E-state index contributed by atoms with van der Waals surface area (Å²) in [5.74, 6) is 0.722. The summed E-state index contributed by atoms with van der Waals surface area (Å²) in [7, 11) is 3.07. The number of carbonyl (C=O) groups excluding carboxylic acids is 2. The molecule has 1 saturated heterocycles. The quantitative estimate of drug-likeness (QED) is 0.614. The van der Waals surface area contributed by atoms with Crippen molar-refractivity contribution in [2.75, 3.05) is 14.2 Å². The highest BCUT2D eigenvalue weighted by molar-refractivity contribution is 8.18. The molecule has 0 bridgehead atoms. The van der Waals surface area contributed by atoms with Gasteiger partial charge in [-0.15, -0.1) is 0 Å². The lowest BCUT2D eigenvalue weighted by Crippen LogP contribution is -2.27. The molecule has 1 aliphatic rings. The molecule has 0 unspecified atom stereocenters. The second-order valence-electron chi connectivity index (χ2n) is 5.58. The van der Waals surface area contributed by atoms with Crippen molar-refractivity contribution < 1.29 is 19.1 Å². The van der Waals surface area contributed by atoms with Gasteiger partial charge in [0.15, 0.2) is 11.5 Å². The number of carbonyl (C=O) groups is 2. The second-order valence-corrected chi connectivity index (χ2v) is 7.39. The number of nitrogens with zero attached hydrogens (tertiary/aromatic N) is 1. The largest absolute Gasteiger partial charge is 0.493 e. The van der Waals surface area contributed by atoms with Crippen molar-refractivity contribution in [3.8, 4) is 11.5 Å². The number of methoxy groups -OCH3 is 2. The summed E-state index contributed by atoms with van der Waals surface area (Å²) in [6.07, 6.45) is 1.64. The van der Waals surface area contributed by atoms with Gasteiger partial charge in [-0.1, -0.05) is 35.3 Å². The fourth-order valence-electron chi connectivity index (χ4n) is 2.57. The topological polar surface area (TPSA) is 55.8 Å². The van der Waals surface area contributed by atoms with Gasteiger partial charge >= 0.3 is 0 Å². The predicted octanol–water partition coefficient (Wildman–Crippen LogP) is 5.25. The van der Waals surface area contributed by atoms with Crippen molar-refractivity contribution in [3.63, 3.8) is 0 Å². The molecular formula is C19H15Cl2NO4S. The van der Waals surface area contributed by atoms with E-state index in [0.29, 0.717) is 37.6 Å². The molecule has 140 valence electrons. The maximum absolute atomic E-state index is 12.7. The minimum absolute atomic E-state index is 0.0203. The van der Waals surface area contributed by atoms with E-state index in [4.69, 9.17) is 32.7 Å². The fourth-order valence-corrected chi connectivity index (χ4v) is 3.93. The number of ether oxygens (including phenoxy) is 2. The lowest BCUT2D eigenvalue weighted by molar-refractivity contribution is -0.123. The maximum atomic E-state index is 12.7. The van der Waals surface area contributed by atoms with E-state index in [-0.39, 0.29) is 11.8 Å². The number of thioether (sulfide) groups is 1. The molecule has 2 amide bonds. The summed E-state index contributed by atoms with van der Waals surface area (Å²) in [5.41, 5.74) is 1.25. The van der Waals surface area contributed by atoms with Crippen LogP contribution < -0.4 is 9.47 Å². The van der Waals surface area contributed by atoms with E-state index < -0.39 is 5.91 Å². The maximum Gasteiger partial charge on any atom is 0.293 e. The molecule has 0 aromatic heterocycles.